The Balaban J connectivity index is 0.000000261. The third-order valence-electron chi connectivity index (χ3n) is 20.5. The van der Waals surface area contributed by atoms with Crippen LogP contribution in [0.2, 0.25) is 0 Å². The number of rotatable bonds is 55. The minimum absolute atomic E-state index is 0.0671. The van der Waals surface area contributed by atoms with Crippen LogP contribution in [-0.2, 0) is 47.6 Å². The van der Waals surface area contributed by atoms with Gasteiger partial charge in [0.2, 0.25) is 11.8 Å². The SMILES string of the molecule is C=CC(=O)OCCCCCCOc1ccc(C(=O)Oc2ccc3c(c2)nc(Oc2ccc(O)cc2)c2cc(OC(=O)c4ccc(OCCCCCCOC(=O)C=C)cc4)ccc23)cc1.C=CC(=O)OCCCCCCOc1ccc(C(=O)Oc2ccc3c(c2)nc(Oc2ccc(OCCOCCOC)cc2)c2cc(OC(=O)c4ccc(OCCCCCCOC(=O)C=C)cc4)ccc23)cc1. The highest BCUT2D eigenvalue weighted by Gasteiger charge is 2.22. The van der Waals surface area contributed by atoms with Gasteiger partial charge >= 0.3 is 47.8 Å². The zero-order valence-electron chi connectivity index (χ0n) is 75.3. The molecule has 0 saturated heterocycles. The highest BCUT2D eigenvalue weighted by atomic mass is 16.6. The lowest BCUT2D eigenvalue weighted by Crippen LogP contribution is -2.09. The number of aromatic nitrogens is 2. The zero-order chi connectivity index (χ0) is 95.1. The van der Waals surface area contributed by atoms with Gasteiger partial charge in [-0.2, -0.15) is 0 Å². The fourth-order valence-corrected chi connectivity index (χ4v) is 13.4. The maximum atomic E-state index is 13.4. The van der Waals surface area contributed by atoms with Crippen LogP contribution >= 0.6 is 0 Å². The fraction of sp³-hybridized carbons (Fsp3) is 0.271. The Labute approximate surface area is 782 Å². The van der Waals surface area contributed by atoms with E-state index in [1.807, 2.05) is 12.1 Å². The van der Waals surface area contributed by atoms with Crippen molar-refractivity contribution in [1.29, 1.82) is 0 Å². The first-order chi connectivity index (χ1) is 65.9. The van der Waals surface area contributed by atoms with E-state index < -0.39 is 47.8 Å². The third-order valence-corrected chi connectivity index (χ3v) is 20.5. The molecule has 12 aromatic rings. The van der Waals surface area contributed by atoms with Gasteiger partial charge in [-0.25, -0.2) is 48.3 Å². The predicted octanol–water partition coefficient (Wildman–Crippen LogP) is 21.7. The molecule has 0 atom stereocenters. The van der Waals surface area contributed by atoms with Gasteiger partial charge in [0.05, 0.1) is 106 Å². The lowest BCUT2D eigenvalue weighted by atomic mass is 10.1. The molecule has 0 fully saturated rings. The number of methoxy groups -OCH3 is 1. The number of ether oxygens (including phenoxy) is 17. The largest absolute Gasteiger partial charge is 0.508 e. The molecule has 10 aromatic carbocycles. The molecule has 0 amide bonds. The Morgan fingerprint density at radius 1 is 0.259 bits per heavy atom. The molecular formula is C107H108N2O26. The molecule has 0 radical (unpaired) electrons. The number of hydrogen-bond donors (Lipinski definition) is 1. The summed E-state index contributed by atoms with van der Waals surface area (Å²) in [5.41, 5.74) is 2.31. The van der Waals surface area contributed by atoms with Gasteiger partial charge in [-0.1, -0.05) is 26.3 Å². The van der Waals surface area contributed by atoms with Crippen molar-refractivity contribution in [3.8, 4) is 80.8 Å². The molecule has 0 bridgehead atoms. The molecule has 0 spiro atoms. The first-order valence-corrected chi connectivity index (χ1v) is 44.6. The molecule has 28 heteroatoms. The normalized spacial score (nSPS) is 10.8. The Morgan fingerprint density at radius 3 is 0.800 bits per heavy atom. The molecule has 1 N–H and O–H groups in total. The van der Waals surface area contributed by atoms with Crippen LogP contribution in [0, 0.1) is 0 Å². The quantitative estimate of drug-likeness (QED) is 0.00924. The number of pyridine rings is 2. The second-order valence-corrected chi connectivity index (χ2v) is 30.4. The Bertz CT molecular complexity index is 5960. The summed E-state index contributed by atoms with van der Waals surface area (Å²) >= 11 is 0. The Hall–Kier alpha value is -15.4. The van der Waals surface area contributed by atoms with E-state index in [1.54, 1.807) is 201 Å². The van der Waals surface area contributed by atoms with Crippen molar-refractivity contribution in [2.45, 2.75) is 103 Å². The number of carbonyl (C=O) groups is 8. The first kappa shape index (κ1) is 100. The van der Waals surface area contributed by atoms with Crippen molar-refractivity contribution in [2.75, 3.05) is 86.4 Å². The van der Waals surface area contributed by atoms with Gasteiger partial charge in [0.1, 0.15) is 75.6 Å². The average Bonchev–Trinajstić information content (AvgIpc) is 0.763. The maximum Gasteiger partial charge on any atom is 0.343 e. The summed E-state index contributed by atoms with van der Waals surface area (Å²) in [6.07, 6.45) is 18.3. The summed E-state index contributed by atoms with van der Waals surface area (Å²) in [5.74, 6) is 1.62. The molecule has 135 heavy (non-hydrogen) atoms. The molecule has 2 aromatic heterocycles. The van der Waals surface area contributed by atoms with Crippen molar-refractivity contribution in [1.82, 2.24) is 9.97 Å². The van der Waals surface area contributed by atoms with Crippen LogP contribution in [0.4, 0.5) is 0 Å². The van der Waals surface area contributed by atoms with Gasteiger partial charge in [-0.3, -0.25) is 0 Å². The number of fused-ring (bicyclic) bond motifs is 6. The van der Waals surface area contributed by atoms with Gasteiger partial charge in [0, 0.05) is 65.1 Å². The van der Waals surface area contributed by atoms with Crippen molar-refractivity contribution >= 4 is 91.1 Å². The topological polar surface area (TPSA) is 339 Å². The number of hydrogen-bond acceptors (Lipinski definition) is 28. The molecule has 0 saturated carbocycles. The van der Waals surface area contributed by atoms with Crippen LogP contribution in [0.5, 0.6) is 80.8 Å². The van der Waals surface area contributed by atoms with E-state index in [0.717, 1.165) is 149 Å². The molecule has 702 valence electrons. The number of unbranched alkanes of at least 4 members (excludes halogenated alkanes) is 12. The highest BCUT2D eigenvalue weighted by Crippen LogP contribution is 2.41. The summed E-state index contributed by atoms with van der Waals surface area (Å²) in [6, 6.07) is 60.8. The fourth-order valence-electron chi connectivity index (χ4n) is 13.4. The zero-order valence-corrected chi connectivity index (χ0v) is 75.3. The number of esters is 8. The molecule has 28 nitrogen and oxygen atoms in total. The Morgan fingerprint density at radius 2 is 0.504 bits per heavy atom. The van der Waals surface area contributed by atoms with Crippen molar-refractivity contribution in [2.24, 2.45) is 0 Å². The van der Waals surface area contributed by atoms with E-state index in [2.05, 4.69) is 26.3 Å². The predicted molar refractivity (Wildman–Crippen MR) is 507 cm³/mol. The van der Waals surface area contributed by atoms with E-state index in [-0.39, 0.29) is 40.5 Å². The average molecular weight is 1840 g/mol. The molecule has 0 aliphatic rings. The van der Waals surface area contributed by atoms with Crippen LogP contribution in [-0.4, -0.2) is 149 Å². The number of aromatic hydroxyl groups is 1. The van der Waals surface area contributed by atoms with Gasteiger partial charge in [-0.15, -0.1) is 0 Å². The summed E-state index contributed by atoms with van der Waals surface area (Å²) < 4.78 is 95.5. The summed E-state index contributed by atoms with van der Waals surface area (Å²) in [7, 11) is 1.62. The highest BCUT2D eigenvalue weighted by molar-refractivity contribution is 6.10. The molecule has 0 aliphatic carbocycles. The van der Waals surface area contributed by atoms with Crippen molar-refractivity contribution in [3.63, 3.8) is 0 Å². The van der Waals surface area contributed by atoms with Crippen LogP contribution in [0.1, 0.15) is 144 Å². The smallest absolute Gasteiger partial charge is 0.343 e. The van der Waals surface area contributed by atoms with E-state index in [0.29, 0.717) is 164 Å². The van der Waals surface area contributed by atoms with E-state index in [1.165, 1.54) is 12.1 Å². The van der Waals surface area contributed by atoms with Crippen LogP contribution < -0.4 is 52.1 Å². The third kappa shape index (κ3) is 33.1. The molecule has 0 aliphatic heterocycles. The second kappa shape index (κ2) is 54.4. The lowest BCUT2D eigenvalue weighted by Gasteiger charge is -2.14. The number of nitrogens with zero attached hydrogens (tertiary/aromatic N) is 2. The van der Waals surface area contributed by atoms with Gasteiger partial charge < -0.3 is 85.6 Å². The molecule has 2 heterocycles. The van der Waals surface area contributed by atoms with Gasteiger partial charge in [0.15, 0.2) is 0 Å². The minimum atomic E-state index is -0.569. The number of carbonyl (C=O) groups excluding carboxylic acids is 8. The second-order valence-electron chi connectivity index (χ2n) is 30.4. The molecule has 12 rings (SSSR count). The number of benzene rings is 10. The first-order valence-electron chi connectivity index (χ1n) is 44.6. The number of phenolic OH excluding ortho intramolecular Hbond substituents is 1. The van der Waals surface area contributed by atoms with E-state index >= 15 is 0 Å². The van der Waals surface area contributed by atoms with Crippen molar-refractivity contribution in [3.05, 3.63) is 291 Å². The minimum Gasteiger partial charge on any atom is -0.508 e. The van der Waals surface area contributed by atoms with Crippen LogP contribution in [0.3, 0.4) is 0 Å². The van der Waals surface area contributed by atoms with E-state index in [9.17, 15) is 43.5 Å². The van der Waals surface area contributed by atoms with Crippen LogP contribution in [0.15, 0.2) is 269 Å². The standard InChI is InChI=1S/C56H59NO14.C51H49NO12/c1-4-52(58)67-32-12-8-6-10-30-64-42-18-14-40(15-19-42)55(60)70-46-26-28-48-49-29-27-47(71-56(61)41-16-20-43(21-17-41)65-31-11-7-9-13-33-68-53(59)5-2)39-51(49)57-54(50(48)38-46)69-45-24-22-44(23-25-45)66-37-36-63-35-34-62-3;1-3-47(54)60-31-11-7-5-9-29-58-38-19-13-35(14-20-38)50(56)63-41-25-27-43-44-28-26-42(34-46(44)52-49(45(43)33-41)62-40-23-17-37(53)18-24-40)64-51(57)36-15-21-39(22-16-36)59-30-10-6-8-12-32-61-48(55)4-2/h4-5,14-29,38-39H,1-2,6-13,30-37H2,3H3;3-4,13-28,33-34,53H,1-2,5-12,29-32H2. The summed E-state index contributed by atoms with van der Waals surface area (Å²) in [4.78, 5) is 107. The van der Waals surface area contributed by atoms with E-state index in [4.69, 9.17) is 90.5 Å². The molecular weight excluding hydrogens is 1730 g/mol. The summed E-state index contributed by atoms with van der Waals surface area (Å²) in [6.45, 7) is 18.8. The van der Waals surface area contributed by atoms with Crippen molar-refractivity contribution < 1.29 is 124 Å². The summed E-state index contributed by atoms with van der Waals surface area (Å²) in [5, 5.41) is 13.9. The van der Waals surface area contributed by atoms with Gasteiger partial charge in [0.25, 0.3) is 0 Å². The Kier molecular flexibility index (Phi) is 40.4. The monoisotopic (exact) mass is 1840 g/mol. The van der Waals surface area contributed by atoms with Crippen LogP contribution in [0.25, 0.3) is 43.4 Å². The van der Waals surface area contributed by atoms with Gasteiger partial charge in [-0.05, 0) is 320 Å². The lowest BCUT2D eigenvalue weighted by molar-refractivity contribution is -0.138. The molecule has 0 unspecified atom stereocenters. The number of phenols is 1. The maximum absolute atomic E-state index is 13.4.